The van der Waals surface area contributed by atoms with Crippen molar-refractivity contribution in [3.8, 4) is 0 Å². The number of hydrogen-bond acceptors (Lipinski definition) is 5. The Hall–Kier alpha value is -1.54. The summed E-state index contributed by atoms with van der Waals surface area (Å²) in [6, 6.07) is 6.47. The highest BCUT2D eigenvalue weighted by Gasteiger charge is 2.46. The highest BCUT2D eigenvalue weighted by atomic mass is 19.1. The minimum Gasteiger partial charge on any atom is -0.379 e. The summed E-state index contributed by atoms with van der Waals surface area (Å²) in [7, 11) is 0. The largest absolute Gasteiger partial charge is 0.379 e. The Bertz CT molecular complexity index is 684. The van der Waals surface area contributed by atoms with Crippen molar-refractivity contribution in [3.05, 3.63) is 35.6 Å². The van der Waals surface area contributed by atoms with Gasteiger partial charge in [-0.1, -0.05) is 18.2 Å². The molecule has 3 saturated heterocycles. The first-order valence-electron chi connectivity index (χ1n) is 9.75. The molecule has 1 aromatic carbocycles. The molecule has 148 valence electrons. The lowest BCUT2D eigenvalue weighted by Crippen LogP contribution is -2.59. The molecule has 1 unspecified atom stereocenters. The third-order valence-electron chi connectivity index (χ3n) is 5.94. The fourth-order valence-corrected chi connectivity index (χ4v) is 4.40. The second-order valence-corrected chi connectivity index (χ2v) is 7.84. The van der Waals surface area contributed by atoms with Crippen LogP contribution in [0.1, 0.15) is 31.2 Å². The first-order chi connectivity index (χ1) is 13.0. The van der Waals surface area contributed by atoms with Crippen LogP contribution in [0.3, 0.4) is 0 Å². The van der Waals surface area contributed by atoms with E-state index in [1.807, 2.05) is 0 Å². The summed E-state index contributed by atoms with van der Waals surface area (Å²) >= 11 is 0. The first-order valence-corrected chi connectivity index (χ1v) is 9.75. The van der Waals surface area contributed by atoms with Gasteiger partial charge in [0, 0.05) is 51.1 Å². The fraction of sp³-hybridized carbons (Fsp3) is 0.650. The molecule has 4 rings (SSSR count). The number of halogens is 1. The maximum atomic E-state index is 13.9. The summed E-state index contributed by atoms with van der Waals surface area (Å²) < 4.78 is 25.4. The van der Waals surface area contributed by atoms with E-state index in [0.29, 0.717) is 44.7 Å². The molecule has 7 heteroatoms. The van der Waals surface area contributed by atoms with Gasteiger partial charge in [-0.05, 0) is 18.9 Å². The summed E-state index contributed by atoms with van der Waals surface area (Å²) in [6.07, 6.45) is 2.64. The Balaban J connectivity index is 1.38. The Morgan fingerprint density at radius 1 is 1.07 bits per heavy atom. The maximum Gasteiger partial charge on any atom is 0.256 e. The number of rotatable bonds is 4. The van der Waals surface area contributed by atoms with Crippen molar-refractivity contribution in [3.63, 3.8) is 0 Å². The van der Waals surface area contributed by atoms with E-state index in [4.69, 9.17) is 9.47 Å². The topological polar surface area (TPSA) is 62.2 Å². The van der Waals surface area contributed by atoms with Crippen LogP contribution < -0.4 is 0 Å². The van der Waals surface area contributed by atoms with Crippen molar-refractivity contribution in [2.24, 2.45) is 0 Å². The number of hydrogen-bond donors (Lipinski definition) is 1. The first kappa shape index (κ1) is 18.8. The summed E-state index contributed by atoms with van der Waals surface area (Å²) in [6.45, 7) is 3.75. The van der Waals surface area contributed by atoms with E-state index in [-0.39, 0.29) is 18.3 Å². The average Bonchev–Trinajstić information content (AvgIpc) is 3.11. The normalized spacial score (nSPS) is 28.8. The number of β-amino-alcohol motifs (C(OH)–C–C–N with tert-alkyl or cyclic N) is 1. The smallest absolute Gasteiger partial charge is 0.256 e. The summed E-state index contributed by atoms with van der Waals surface area (Å²) in [5.74, 6) is -1.09. The van der Waals surface area contributed by atoms with Crippen molar-refractivity contribution in [2.45, 2.75) is 43.6 Å². The molecule has 0 bridgehead atoms. The van der Waals surface area contributed by atoms with Crippen LogP contribution in [0.5, 0.6) is 0 Å². The van der Waals surface area contributed by atoms with Gasteiger partial charge in [0.2, 0.25) is 0 Å². The van der Waals surface area contributed by atoms with Crippen LogP contribution in [0.2, 0.25) is 0 Å². The van der Waals surface area contributed by atoms with Crippen LogP contribution in [-0.4, -0.2) is 71.6 Å². The monoisotopic (exact) mass is 378 g/mol. The molecule has 3 fully saturated rings. The Morgan fingerprint density at radius 2 is 1.78 bits per heavy atom. The van der Waals surface area contributed by atoms with Gasteiger partial charge in [-0.2, -0.15) is 0 Å². The third-order valence-corrected chi connectivity index (χ3v) is 5.94. The third kappa shape index (κ3) is 3.87. The molecule has 3 aliphatic rings. The second kappa shape index (κ2) is 7.47. The second-order valence-electron chi connectivity index (χ2n) is 7.84. The zero-order valence-electron chi connectivity index (χ0n) is 15.5. The highest BCUT2D eigenvalue weighted by Crippen LogP contribution is 2.33. The molecule has 1 aromatic rings. The van der Waals surface area contributed by atoms with Crippen LogP contribution >= 0.6 is 0 Å². The van der Waals surface area contributed by atoms with Gasteiger partial charge in [0.1, 0.15) is 5.82 Å². The van der Waals surface area contributed by atoms with Gasteiger partial charge in [-0.15, -0.1) is 0 Å². The molecule has 0 saturated carbocycles. The minimum absolute atomic E-state index is 0.193. The van der Waals surface area contributed by atoms with Crippen molar-refractivity contribution < 1.29 is 23.8 Å². The van der Waals surface area contributed by atoms with Gasteiger partial charge >= 0.3 is 0 Å². The van der Waals surface area contributed by atoms with Gasteiger partial charge in [0.15, 0.2) is 11.4 Å². The summed E-state index contributed by atoms with van der Waals surface area (Å²) in [5.41, 5.74) is -0.934. The van der Waals surface area contributed by atoms with Crippen LogP contribution in [0.25, 0.3) is 0 Å². The quantitative estimate of drug-likeness (QED) is 0.861. The number of ether oxygens (including phenoxy) is 2. The number of likely N-dealkylation sites (tertiary alicyclic amines) is 2. The van der Waals surface area contributed by atoms with Crippen LogP contribution in [0.4, 0.5) is 4.39 Å². The molecule has 0 aromatic heterocycles. The predicted octanol–water partition coefficient (Wildman–Crippen LogP) is 1.52. The van der Waals surface area contributed by atoms with Crippen LogP contribution in [-0.2, 0) is 20.8 Å². The molecular weight excluding hydrogens is 351 g/mol. The van der Waals surface area contributed by atoms with Crippen molar-refractivity contribution in [2.75, 3.05) is 39.4 Å². The van der Waals surface area contributed by atoms with E-state index in [9.17, 15) is 14.3 Å². The van der Waals surface area contributed by atoms with Gasteiger partial charge < -0.3 is 19.5 Å². The zero-order valence-corrected chi connectivity index (χ0v) is 15.5. The molecule has 3 aliphatic heterocycles. The molecule has 1 amide bonds. The van der Waals surface area contributed by atoms with E-state index in [2.05, 4.69) is 4.90 Å². The van der Waals surface area contributed by atoms with E-state index in [1.54, 1.807) is 23.1 Å². The average molecular weight is 378 g/mol. The maximum absolute atomic E-state index is 13.9. The number of carbonyl (C=O) groups excluding carboxylic acids is 1. The van der Waals surface area contributed by atoms with Gasteiger partial charge in [-0.3, -0.25) is 9.69 Å². The van der Waals surface area contributed by atoms with Crippen LogP contribution in [0.15, 0.2) is 24.3 Å². The van der Waals surface area contributed by atoms with Gasteiger partial charge in [0.25, 0.3) is 5.91 Å². The molecule has 1 atom stereocenters. The number of amides is 1. The number of piperidine rings is 2. The highest BCUT2D eigenvalue weighted by molar-refractivity contribution is 5.86. The lowest BCUT2D eigenvalue weighted by atomic mass is 9.89. The molecule has 3 heterocycles. The van der Waals surface area contributed by atoms with E-state index in [1.165, 1.54) is 6.07 Å². The Morgan fingerprint density at radius 3 is 2.48 bits per heavy atom. The molecule has 0 aliphatic carbocycles. The predicted molar refractivity (Wildman–Crippen MR) is 96.3 cm³/mol. The van der Waals surface area contributed by atoms with E-state index < -0.39 is 11.4 Å². The van der Waals surface area contributed by atoms with Crippen LogP contribution in [0, 0.1) is 5.82 Å². The van der Waals surface area contributed by atoms with Crippen molar-refractivity contribution >= 4 is 5.91 Å². The number of nitrogens with zero attached hydrogens (tertiary/aromatic N) is 2. The van der Waals surface area contributed by atoms with Crippen molar-refractivity contribution in [1.82, 2.24) is 9.80 Å². The molecule has 1 N–H and O–H groups in total. The zero-order chi connectivity index (χ0) is 18.9. The summed E-state index contributed by atoms with van der Waals surface area (Å²) in [5, 5.41) is 11.1. The molecule has 0 radical (unpaired) electrons. The van der Waals surface area contributed by atoms with Gasteiger partial charge in [-0.25, -0.2) is 4.39 Å². The lowest BCUT2D eigenvalue weighted by molar-refractivity contribution is -0.191. The molecule has 1 spiro atoms. The van der Waals surface area contributed by atoms with E-state index in [0.717, 1.165) is 25.9 Å². The number of benzene rings is 1. The molecular formula is C20H27FN2O4. The minimum atomic E-state index is -1.41. The fourth-order valence-electron chi connectivity index (χ4n) is 4.40. The Labute approximate surface area is 158 Å². The summed E-state index contributed by atoms with van der Waals surface area (Å²) in [4.78, 5) is 16.7. The lowest BCUT2D eigenvalue weighted by Gasteiger charge is -2.43. The number of aliphatic hydroxyl groups is 1. The molecule has 27 heavy (non-hydrogen) atoms. The van der Waals surface area contributed by atoms with E-state index >= 15 is 0 Å². The van der Waals surface area contributed by atoms with Gasteiger partial charge in [0.05, 0.1) is 13.2 Å². The number of carbonyl (C=O) groups is 1. The standard InChI is InChI=1S/C20H27FN2O4/c21-17-5-2-1-4-16(17)14-23-9-3-6-19(25,18(23)24)15-22-10-7-20(8-11-22)26-12-13-27-20/h1-2,4-5,25H,3,6-15H2. The van der Waals surface area contributed by atoms with Crippen molar-refractivity contribution in [1.29, 1.82) is 0 Å². The SMILES string of the molecule is O=C1N(Cc2ccccc2F)CCCC1(O)CN1CCC2(CC1)OCCO2. The molecule has 6 nitrogen and oxygen atoms in total. The Kier molecular flexibility index (Phi) is 5.20.